The quantitative estimate of drug-likeness (QED) is 0.238. The molecule has 1 aliphatic carbocycles. The molecule has 1 saturated carbocycles. The first kappa shape index (κ1) is 30.3. The third-order valence-corrected chi connectivity index (χ3v) is 7.68. The van der Waals surface area contributed by atoms with Crippen molar-refractivity contribution in [1.29, 1.82) is 0 Å². The number of nitro benzene ring substituents is 1. The number of rotatable bonds is 6. The first-order valence-corrected chi connectivity index (χ1v) is 13.3. The highest BCUT2D eigenvalue weighted by molar-refractivity contribution is 5.74. The Hall–Kier alpha value is -3.71. The van der Waals surface area contributed by atoms with Gasteiger partial charge in [-0.05, 0) is 68.0 Å². The molecule has 2 aromatic carbocycles. The smallest absolute Gasteiger partial charge is 0.382 e. The number of carbonyl (C=O) groups excluding carboxylic acids is 1. The van der Waals surface area contributed by atoms with Crippen molar-refractivity contribution in [2.24, 2.45) is 5.92 Å². The molecule has 2 fully saturated rings. The number of amides is 2. The Morgan fingerprint density at radius 3 is 2.10 bits per heavy atom. The summed E-state index contributed by atoms with van der Waals surface area (Å²) < 4.78 is 78.3. The van der Waals surface area contributed by atoms with Crippen LogP contribution in [-0.4, -0.2) is 66.6 Å². The van der Waals surface area contributed by atoms with Gasteiger partial charge in [-0.1, -0.05) is 0 Å². The monoisotopic (exact) mass is 587 g/mol. The van der Waals surface area contributed by atoms with Gasteiger partial charge in [0.25, 0.3) is 5.69 Å². The van der Waals surface area contributed by atoms with E-state index in [0.29, 0.717) is 51.3 Å². The van der Waals surface area contributed by atoms with Crippen LogP contribution in [0.2, 0.25) is 0 Å². The zero-order valence-corrected chi connectivity index (χ0v) is 22.3. The van der Waals surface area contributed by atoms with Gasteiger partial charge in [-0.25, -0.2) is 4.79 Å². The number of hydrogen-bond donors (Lipinski definition) is 1. The predicted molar refractivity (Wildman–Crippen MR) is 141 cm³/mol. The zero-order valence-electron chi connectivity index (χ0n) is 22.3. The number of carbonyl (C=O) groups is 1. The van der Waals surface area contributed by atoms with Crippen LogP contribution >= 0.6 is 0 Å². The molecular weight excluding hydrogens is 556 g/mol. The maximum absolute atomic E-state index is 13.3. The van der Waals surface area contributed by atoms with Crippen molar-refractivity contribution in [3.05, 3.63) is 63.7 Å². The van der Waals surface area contributed by atoms with Gasteiger partial charge in [0.2, 0.25) is 0 Å². The molecule has 0 atom stereocenters. The molecular formula is C27H31F6N5O3. The SMILES string of the molecule is CN(CC1CCC(Nc2ccc([N+](=O)[O-])c(C(F)(F)F)c2)CC1)C(=O)N1CCN(c2ccc(C(F)(F)F)cc2)CC1. The Morgan fingerprint density at radius 1 is 0.951 bits per heavy atom. The van der Waals surface area contributed by atoms with E-state index >= 15 is 0 Å². The second-order valence-electron chi connectivity index (χ2n) is 10.5. The zero-order chi connectivity index (χ0) is 29.9. The summed E-state index contributed by atoms with van der Waals surface area (Å²) in [5, 5.41) is 14.0. The number of piperazine rings is 1. The number of benzene rings is 2. The minimum absolute atomic E-state index is 0.0897. The molecule has 1 N–H and O–H groups in total. The van der Waals surface area contributed by atoms with Crippen molar-refractivity contribution < 1.29 is 36.1 Å². The lowest BCUT2D eigenvalue weighted by molar-refractivity contribution is -0.388. The maximum atomic E-state index is 13.3. The van der Waals surface area contributed by atoms with Crippen molar-refractivity contribution in [2.45, 2.75) is 44.1 Å². The topological polar surface area (TPSA) is 82.0 Å². The van der Waals surface area contributed by atoms with Gasteiger partial charge in [0.15, 0.2) is 0 Å². The summed E-state index contributed by atoms with van der Waals surface area (Å²) in [5.41, 5.74) is -2.13. The molecule has 0 aromatic heterocycles. The number of nitro groups is 1. The van der Waals surface area contributed by atoms with Gasteiger partial charge in [-0.3, -0.25) is 10.1 Å². The van der Waals surface area contributed by atoms with E-state index in [4.69, 9.17) is 0 Å². The van der Waals surface area contributed by atoms with Gasteiger partial charge in [-0.2, -0.15) is 26.3 Å². The maximum Gasteiger partial charge on any atom is 0.423 e. The van der Waals surface area contributed by atoms with E-state index in [1.165, 1.54) is 18.2 Å². The summed E-state index contributed by atoms with van der Waals surface area (Å²) in [6, 6.07) is 7.68. The lowest BCUT2D eigenvalue weighted by Crippen LogP contribution is -2.52. The third-order valence-electron chi connectivity index (χ3n) is 7.68. The summed E-state index contributed by atoms with van der Waals surface area (Å²) in [4.78, 5) is 28.3. The summed E-state index contributed by atoms with van der Waals surface area (Å²) in [5.74, 6) is 0.220. The molecule has 8 nitrogen and oxygen atoms in total. The van der Waals surface area contributed by atoms with Gasteiger partial charge < -0.3 is 20.0 Å². The van der Waals surface area contributed by atoms with Gasteiger partial charge >= 0.3 is 18.4 Å². The number of anilines is 2. The van der Waals surface area contributed by atoms with Crippen molar-refractivity contribution in [1.82, 2.24) is 9.80 Å². The van der Waals surface area contributed by atoms with Crippen molar-refractivity contribution in [2.75, 3.05) is 50.0 Å². The van der Waals surface area contributed by atoms with Crippen LogP contribution < -0.4 is 10.2 Å². The Kier molecular flexibility index (Phi) is 8.88. The Labute approximate surface area is 233 Å². The Morgan fingerprint density at radius 2 is 1.56 bits per heavy atom. The molecule has 2 aromatic rings. The highest BCUT2D eigenvalue weighted by atomic mass is 19.4. The van der Waals surface area contributed by atoms with E-state index in [0.717, 1.165) is 37.1 Å². The number of nitrogens with zero attached hydrogens (tertiary/aromatic N) is 4. The van der Waals surface area contributed by atoms with Crippen LogP contribution in [0.25, 0.3) is 0 Å². The average molecular weight is 588 g/mol. The highest BCUT2D eigenvalue weighted by Gasteiger charge is 2.38. The molecule has 0 unspecified atom stereocenters. The molecule has 0 spiro atoms. The minimum atomic E-state index is -4.84. The summed E-state index contributed by atoms with van der Waals surface area (Å²) in [6.45, 7) is 2.41. The standard InChI is InChI=1S/C27H31F6N5O3/c1-35(25(39)37-14-12-36(13-15-37)22-9-4-19(5-10-22)26(28,29)30)17-18-2-6-20(7-3-18)34-21-8-11-24(38(40)41)23(16-21)27(31,32)33/h4-5,8-11,16,18,20,34H,2-3,6-7,12-15,17H2,1H3. The number of hydrogen-bond acceptors (Lipinski definition) is 5. The molecule has 1 saturated heterocycles. The summed E-state index contributed by atoms with van der Waals surface area (Å²) >= 11 is 0. The number of halogens is 6. The van der Waals surface area contributed by atoms with Gasteiger partial charge in [0, 0.05) is 63.3 Å². The average Bonchev–Trinajstić information content (AvgIpc) is 2.93. The molecule has 1 heterocycles. The molecule has 2 amide bonds. The number of urea groups is 1. The van der Waals surface area contributed by atoms with E-state index in [9.17, 15) is 41.3 Å². The first-order chi connectivity index (χ1) is 19.2. The van der Waals surface area contributed by atoms with Crippen LogP contribution in [0, 0.1) is 16.0 Å². The Bertz CT molecular complexity index is 1220. The van der Waals surface area contributed by atoms with Crippen molar-refractivity contribution in [3.63, 3.8) is 0 Å². The number of nitrogens with one attached hydrogen (secondary N) is 1. The van der Waals surface area contributed by atoms with Crippen LogP contribution in [0.5, 0.6) is 0 Å². The van der Waals surface area contributed by atoms with E-state index in [1.54, 1.807) is 16.8 Å². The van der Waals surface area contributed by atoms with Gasteiger partial charge in [0.05, 0.1) is 10.5 Å². The summed E-state index contributed by atoms with van der Waals surface area (Å²) in [6.07, 6.45) is -6.36. The van der Waals surface area contributed by atoms with Crippen molar-refractivity contribution >= 4 is 23.1 Å². The molecule has 41 heavy (non-hydrogen) atoms. The third kappa shape index (κ3) is 7.53. The minimum Gasteiger partial charge on any atom is -0.382 e. The lowest BCUT2D eigenvalue weighted by atomic mass is 9.85. The van der Waals surface area contributed by atoms with Gasteiger partial charge in [0.1, 0.15) is 5.56 Å². The van der Waals surface area contributed by atoms with Crippen LogP contribution in [0.4, 0.5) is 48.2 Å². The second kappa shape index (κ2) is 12.0. The molecule has 1 aliphatic heterocycles. The number of alkyl halides is 6. The van der Waals surface area contributed by atoms with E-state index in [1.807, 2.05) is 4.90 Å². The van der Waals surface area contributed by atoms with Crippen LogP contribution in [0.15, 0.2) is 42.5 Å². The van der Waals surface area contributed by atoms with Crippen LogP contribution in [0.1, 0.15) is 36.8 Å². The largest absolute Gasteiger partial charge is 0.423 e. The fourth-order valence-electron chi connectivity index (χ4n) is 5.46. The highest BCUT2D eigenvalue weighted by Crippen LogP contribution is 2.38. The van der Waals surface area contributed by atoms with E-state index < -0.39 is 34.1 Å². The molecule has 224 valence electrons. The van der Waals surface area contributed by atoms with E-state index in [-0.39, 0.29) is 23.7 Å². The first-order valence-electron chi connectivity index (χ1n) is 13.3. The normalized spacial score (nSPS) is 20.1. The lowest BCUT2D eigenvalue weighted by Gasteiger charge is -2.39. The molecule has 14 heteroatoms. The fraction of sp³-hybridized carbons (Fsp3) is 0.519. The summed E-state index contributed by atoms with van der Waals surface area (Å²) in [7, 11) is 1.73. The molecule has 2 aliphatic rings. The van der Waals surface area contributed by atoms with Gasteiger partial charge in [-0.15, -0.1) is 0 Å². The van der Waals surface area contributed by atoms with Crippen LogP contribution in [-0.2, 0) is 12.4 Å². The van der Waals surface area contributed by atoms with Crippen LogP contribution in [0.3, 0.4) is 0 Å². The van der Waals surface area contributed by atoms with E-state index in [2.05, 4.69) is 5.32 Å². The second-order valence-corrected chi connectivity index (χ2v) is 10.5. The fourth-order valence-corrected chi connectivity index (χ4v) is 5.46. The Balaban J connectivity index is 1.23. The van der Waals surface area contributed by atoms with Crippen molar-refractivity contribution in [3.8, 4) is 0 Å². The molecule has 0 bridgehead atoms. The predicted octanol–water partition coefficient (Wildman–Crippen LogP) is 6.48. The molecule has 4 rings (SSSR count). The molecule has 0 radical (unpaired) electrons.